The number of hydrogen-bond acceptors (Lipinski definition) is 12. The van der Waals surface area contributed by atoms with Gasteiger partial charge in [0.25, 0.3) is 0 Å². The van der Waals surface area contributed by atoms with Crippen molar-refractivity contribution in [1.29, 1.82) is 0 Å². The fourth-order valence-electron chi connectivity index (χ4n) is 3.70. The third-order valence-corrected chi connectivity index (χ3v) is 11.9. The summed E-state index contributed by atoms with van der Waals surface area (Å²) in [5.41, 5.74) is 1.93. The molecular weight excluding hydrogens is 649 g/mol. The second-order valence-electron chi connectivity index (χ2n) is 9.31. The summed E-state index contributed by atoms with van der Waals surface area (Å²) < 4.78 is 58.0. The Balaban J connectivity index is 1.77. The molecule has 1 unspecified atom stereocenters. The molecule has 0 aliphatic rings. The fraction of sp³-hybridized carbons (Fsp3) is 0.481. The Morgan fingerprint density at radius 3 is 1.98 bits per heavy atom. The minimum atomic E-state index is -3.43. The number of ether oxygens (including phenoxy) is 1. The summed E-state index contributed by atoms with van der Waals surface area (Å²) in [5, 5.41) is 7.28. The highest BCUT2D eigenvalue weighted by atomic mass is 32.4. The van der Waals surface area contributed by atoms with Crippen LogP contribution in [0.15, 0.2) is 53.6 Å². The van der Waals surface area contributed by atoms with E-state index in [1.54, 1.807) is 30.1 Å². The molecule has 1 atom stereocenters. The first kappa shape index (κ1) is 37.9. The number of rotatable bonds is 21. The van der Waals surface area contributed by atoms with Gasteiger partial charge >= 0.3 is 22.3 Å². The van der Waals surface area contributed by atoms with Crippen LogP contribution in [0.4, 0.5) is 0 Å². The maximum Gasteiger partial charge on any atom is 0.540 e. The number of hydrazone groups is 1. The van der Waals surface area contributed by atoms with E-state index < -0.39 is 22.3 Å². The number of hydrogen-bond donors (Lipinski definition) is 1. The Morgan fingerprint density at radius 1 is 0.909 bits per heavy atom. The van der Waals surface area contributed by atoms with Crippen molar-refractivity contribution in [3.8, 4) is 11.5 Å². The summed E-state index contributed by atoms with van der Waals surface area (Å²) in [6.45, 7) is 0.750. The number of nitrogens with one attached hydrogen (secondary N) is 1. The molecule has 244 valence electrons. The topological polar surface area (TPSA) is 137 Å². The Kier molecular flexibility index (Phi) is 16.7. The van der Waals surface area contributed by atoms with Gasteiger partial charge in [0.1, 0.15) is 18.3 Å². The fourth-order valence-corrected chi connectivity index (χ4v) is 7.02. The Morgan fingerprint density at radius 2 is 1.45 bits per heavy atom. The van der Waals surface area contributed by atoms with Gasteiger partial charge in [-0.2, -0.15) is 0 Å². The van der Waals surface area contributed by atoms with Gasteiger partial charge in [-0.1, -0.05) is 16.9 Å². The lowest BCUT2D eigenvalue weighted by atomic mass is 10.1. The van der Waals surface area contributed by atoms with Crippen molar-refractivity contribution in [2.75, 3.05) is 68.3 Å². The molecule has 0 saturated heterocycles. The molecule has 13 nitrogen and oxygen atoms in total. The van der Waals surface area contributed by atoms with Crippen LogP contribution in [0.5, 0.6) is 11.5 Å². The number of carbonyl (C=O) groups is 1. The maximum atomic E-state index is 12.6. The molecule has 2 aromatic carbocycles. The van der Waals surface area contributed by atoms with Crippen LogP contribution in [-0.2, 0) is 50.2 Å². The first-order valence-electron chi connectivity index (χ1n) is 13.5. The van der Waals surface area contributed by atoms with E-state index in [2.05, 4.69) is 10.4 Å². The van der Waals surface area contributed by atoms with E-state index in [1.807, 2.05) is 48.5 Å². The molecular formula is C27H42N4O9P3S+. The van der Waals surface area contributed by atoms with Crippen LogP contribution in [-0.4, -0.2) is 90.1 Å². The summed E-state index contributed by atoms with van der Waals surface area (Å²) in [6.07, 6.45) is 2.72. The summed E-state index contributed by atoms with van der Waals surface area (Å²) >= 11 is 5.49. The van der Waals surface area contributed by atoms with Crippen LogP contribution in [0, 0.1) is 0 Å². The van der Waals surface area contributed by atoms with Crippen LogP contribution in [0.3, 0.4) is 0 Å². The lowest BCUT2D eigenvalue weighted by Crippen LogP contribution is -2.30. The van der Waals surface area contributed by atoms with E-state index in [9.17, 15) is 13.9 Å². The van der Waals surface area contributed by atoms with Crippen molar-refractivity contribution in [3.63, 3.8) is 0 Å². The highest BCUT2D eigenvalue weighted by molar-refractivity contribution is 8.02. The van der Waals surface area contributed by atoms with Crippen LogP contribution >= 0.6 is 22.3 Å². The van der Waals surface area contributed by atoms with Crippen LogP contribution in [0.2, 0.25) is 0 Å². The highest BCUT2D eigenvalue weighted by Crippen LogP contribution is 2.51. The molecule has 0 radical (unpaired) electrons. The second kappa shape index (κ2) is 19.3. The molecule has 17 heteroatoms. The monoisotopic (exact) mass is 691 g/mol. The summed E-state index contributed by atoms with van der Waals surface area (Å²) in [4.78, 5) is 14.0. The number of methoxy groups -OCH3 is 1. The van der Waals surface area contributed by atoms with E-state index in [0.717, 1.165) is 16.9 Å². The predicted molar refractivity (Wildman–Crippen MR) is 175 cm³/mol. The van der Waals surface area contributed by atoms with Gasteiger partial charge in [-0.3, -0.25) is 23.3 Å². The van der Waals surface area contributed by atoms with Crippen molar-refractivity contribution in [3.05, 3.63) is 59.7 Å². The van der Waals surface area contributed by atoms with Gasteiger partial charge < -0.3 is 28.1 Å². The second-order valence-corrected chi connectivity index (χ2v) is 16.0. The van der Waals surface area contributed by atoms with Gasteiger partial charge in [-0.05, 0) is 66.9 Å². The largest absolute Gasteiger partial charge is 0.540 e. The minimum Gasteiger partial charge on any atom is -0.497 e. The average Bonchev–Trinajstić information content (AvgIpc) is 3.04. The summed E-state index contributed by atoms with van der Waals surface area (Å²) in [6, 6.07) is 15.0. The third kappa shape index (κ3) is 13.4. The molecule has 0 saturated carbocycles. The highest BCUT2D eigenvalue weighted by Gasteiger charge is 2.31. The zero-order chi connectivity index (χ0) is 32.6. The van der Waals surface area contributed by atoms with Gasteiger partial charge in [0.15, 0.2) is 5.75 Å². The number of carbonyl (C=O) groups excluding carboxylic acids is 1. The van der Waals surface area contributed by atoms with Gasteiger partial charge in [0.2, 0.25) is 17.7 Å². The first-order chi connectivity index (χ1) is 21.0. The van der Waals surface area contributed by atoms with Crippen molar-refractivity contribution < 1.29 is 41.3 Å². The smallest absolute Gasteiger partial charge is 0.497 e. The van der Waals surface area contributed by atoms with Crippen LogP contribution < -0.4 is 14.6 Å². The number of benzene rings is 2. The number of nitrogens with zero attached hydrogens (tertiary/aromatic N) is 3. The molecule has 2 rings (SSSR count). The normalized spacial score (nSPS) is 12.4. The average molecular weight is 692 g/mol. The minimum absolute atomic E-state index is 0.126. The van der Waals surface area contributed by atoms with Crippen LogP contribution in [0.25, 0.3) is 0 Å². The van der Waals surface area contributed by atoms with E-state index in [4.69, 9.17) is 39.2 Å². The quantitative estimate of drug-likeness (QED) is 0.101. The third-order valence-electron chi connectivity index (χ3n) is 6.31. The van der Waals surface area contributed by atoms with E-state index >= 15 is 0 Å². The molecule has 0 aliphatic carbocycles. The number of amides is 1. The lowest BCUT2D eigenvalue weighted by Gasteiger charge is -2.27. The van der Waals surface area contributed by atoms with E-state index in [-0.39, 0.29) is 24.9 Å². The SMILES string of the molecule is COc1ccc(C=NN(C)[P+](=S)Oc2ccc(CCNC(=O)CCCN(CP(=O)(OC)OC)CP(=O)(OC)OC)cc2)cc1. The van der Waals surface area contributed by atoms with Gasteiger partial charge in [-0.15, -0.1) is 5.10 Å². The van der Waals surface area contributed by atoms with Gasteiger partial charge in [0, 0.05) is 41.4 Å². The molecule has 0 spiro atoms. The van der Waals surface area contributed by atoms with E-state index in [0.29, 0.717) is 31.7 Å². The van der Waals surface area contributed by atoms with Crippen molar-refractivity contribution in [2.24, 2.45) is 5.10 Å². The van der Waals surface area contributed by atoms with Gasteiger partial charge in [-0.25, -0.2) is 0 Å². The molecule has 0 bridgehead atoms. The maximum absolute atomic E-state index is 12.6. The summed E-state index contributed by atoms with van der Waals surface area (Å²) in [5.74, 6) is 1.27. The van der Waals surface area contributed by atoms with Crippen LogP contribution in [0.1, 0.15) is 24.0 Å². The Hall–Kier alpha value is -2.24. The van der Waals surface area contributed by atoms with Gasteiger partial charge in [0.05, 0.1) is 20.4 Å². The van der Waals surface area contributed by atoms with Crippen molar-refractivity contribution >= 4 is 46.2 Å². The summed E-state index contributed by atoms with van der Waals surface area (Å²) in [7, 11) is 0.232. The van der Waals surface area contributed by atoms with Crippen molar-refractivity contribution in [2.45, 2.75) is 19.3 Å². The van der Waals surface area contributed by atoms with E-state index in [1.165, 1.54) is 28.4 Å². The molecule has 1 N–H and O–H groups in total. The Labute approximate surface area is 265 Å². The lowest BCUT2D eigenvalue weighted by molar-refractivity contribution is -0.121. The zero-order valence-corrected chi connectivity index (χ0v) is 29.4. The molecule has 1 amide bonds. The molecule has 0 aromatic heterocycles. The molecule has 44 heavy (non-hydrogen) atoms. The predicted octanol–water partition coefficient (Wildman–Crippen LogP) is 5.44. The first-order valence-corrected chi connectivity index (χ1v) is 19.2. The Bertz CT molecular complexity index is 1270. The molecule has 0 fully saturated rings. The molecule has 0 heterocycles. The molecule has 2 aromatic rings. The zero-order valence-electron chi connectivity index (χ0n) is 25.9. The van der Waals surface area contributed by atoms with Crippen molar-refractivity contribution in [1.82, 2.24) is 15.0 Å². The molecule has 0 aliphatic heterocycles. The standard InChI is InChI=1S/C27H41N4O9P3S/c1-30(29-20-24-11-13-25(35-2)14-12-24)41(44)40-26-15-9-23(10-16-26)17-18-28-27(32)8-7-19-31(21-42(33,36-3)37-4)22-43(34,38-5)39-6/h9-16,20H,7-8,17-19,21-22H2,1-6H3/p+1.